The van der Waals surface area contributed by atoms with Gasteiger partial charge >= 0.3 is 0 Å². The zero-order valence-electron chi connectivity index (χ0n) is 11.4. The van der Waals surface area contributed by atoms with Gasteiger partial charge in [-0.1, -0.05) is 6.07 Å². The number of rotatable bonds is 4. The number of hydrogen-bond donors (Lipinski definition) is 1. The van der Waals surface area contributed by atoms with Crippen LogP contribution in [0.25, 0.3) is 11.5 Å². The number of aromatic nitrogens is 4. The predicted octanol–water partition coefficient (Wildman–Crippen LogP) is 2.39. The number of hydrogen-bond acceptors (Lipinski definition) is 5. The molecule has 1 N–H and O–H groups in total. The van der Waals surface area contributed by atoms with Gasteiger partial charge in [-0.25, -0.2) is 0 Å². The molecule has 3 rings (SSSR count). The number of nitrogens with one attached hydrogen (secondary N) is 1. The minimum atomic E-state index is 0.520. The fourth-order valence-corrected chi connectivity index (χ4v) is 1.98. The molecule has 0 aliphatic heterocycles. The van der Waals surface area contributed by atoms with Gasteiger partial charge in [0.25, 0.3) is 0 Å². The van der Waals surface area contributed by atoms with Gasteiger partial charge in [0.15, 0.2) is 0 Å². The molecule has 0 amide bonds. The van der Waals surface area contributed by atoms with E-state index in [1.807, 2.05) is 42.2 Å². The van der Waals surface area contributed by atoms with Crippen molar-refractivity contribution < 1.29 is 4.42 Å². The van der Waals surface area contributed by atoms with Crippen molar-refractivity contribution in [3.05, 3.63) is 48.1 Å². The third-order valence-corrected chi connectivity index (χ3v) is 3.29. The van der Waals surface area contributed by atoms with Crippen molar-refractivity contribution in [3.63, 3.8) is 0 Å². The first-order chi connectivity index (χ1) is 9.74. The van der Waals surface area contributed by atoms with Gasteiger partial charge < -0.3 is 9.73 Å². The van der Waals surface area contributed by atoms with Gasteiger partial charge in [0.05, 0.1) is 6.20 Å². The molecule has 0 fully saturated rings. The fourth-order valence-electron chi connectivity index (χ4n) is 1.98. The Morgan fingerprint density at radius 2 is 2.25 bits per heavy atom. The van der Waals surface area contributed by atoms with E-state index in [1.165, 1.54) is 12.0 Å². The van der Waals surface area contributed by atoms with Crippen molar-refractivity contribution in [1.29, 1.82) is 0 Å². The van der Waals surface area contributed by atoms with E-state index in [9.17, 15) is 0 Å². The average Bonchev–Trinajstić information content (AvgIpc) is 3.10. The molecule has 0 saturated carbocycles. The SMILES string of the molecule is Cc1c(CNc2cccc(-c3nnco3)c2)cnn1C. The van der Waals surface area contributed by atoms with Crippen molar-refractivity contribution in [1.82, 2.24) is 20.0 Å². The Morgan fingerprint density at radius 1 is 1.35 bits per heavy atom. The zero-order chi connectivity index (χ0) is 13.9. The van der Waals surface area contributed by atoms with Crippen molar-refractivity contribution in [2.24, 2.45) is 7.05 Å². The van der Waals surface area contributed by atoms with E-state index >= 15 is 0 Å². The molecular weight excluding hydrogens is 254 g/mol. The standard InChI is InChI=1S/C14H15N5O/c1-10-12(8-17-19(10)2)7-15-13-5-3-4-11(6-13)14-18-16-9-20-14/h3-6,8-9,15H,7H2,1-2H3. The summed E-state index contributed by atoms with van der Waals surface area (Å²) in [4.78, 5) is 0. The number of nitrogens with zero attached hydrogens (tertiary/aromatic N) is 4. The second kappa shape index (κ2) is 5.16. The molecule has 0 saturated heterocycles. The van der Waals surface area contributed by atoms with Crippen LogP contribution in [0.1, 0.15) is 11.3 Å². The van der Waals surface area contributed by atoms with Crippen molar-refractivity contribution in [2.75, 3.05) is 5.32 Å². The molecular formula is C14H15N5O. The summed E-state index contributed by atoms with van der Waals surface area (Å²) in [5, 5.41) is 15.2. The van der Waals surface area contributed by atoms with Gasteiger partial charge in [0.2, 0.25) is 12.3 Å². The maximum absolute atomic E-state index is 5.20. The van der Waals surface area contributed by atoms with Gasteiger partial charge in [-0.15, -0.1) is 10.2 Å². The number of aryl methyl sites for hydroxylation is 1. The van der Waals surface area contributed by atoms with Crippen LogP contribution in [0.3, 0.4) is 0 Å². The van der Waals surface area contributed by atoms with Gasteiger partial charge in [-0.3, -0.25) is 4.68 Å². The fraction of sp³-hybridized carbons (Fsp3) is 0.214. The van der Waals surface area contributed by atoms with Crippen LogP contribution < -0.4 is 5.32 Å². The van der Waals surface area contributed by atoms with E-state index in [-0.39, 0.29) is 0 Å². The third kappa shape index (κ3) is 2.40. The summed E-state index contributed by atoms with van der Waals surface area (Å²) in [6.07, 6.45) is 3.21. The van der Waals surface area contributed by atoms with E-state index < -0.39 is 0 Å². The molecule has 6 heteroatoms. The summed E-state index contributed by atoms with van der Waals surface area (Å²) in [6.45, 7) is 2.78. The normalized spacial score (nSPS) is 10.7. The lowest BCUT2D eigenvalue weighted by atomic mass is 10.2. The van der Waals surface area contributed by atoms with Crippen LogP contribution in [0.4, 0.5) is 5.69 Å². The van der Waals surface area contributed by atoms with Crippen molar-refractivity contribution in [2.45, 2.75) is 13.5 Å². The Kier molecular flexibility index (Phi) is 3.20. The van der Waals surface area contributed by atoms with Crippen LogP contribution in [0.5, 0.6) is 0 Å². The molecule has 6 nitrogen and oxygen atoms in total. The Labute approximate surface area is 116 Å². The smallest absolute Gasteiger partial charge is 0.247 e. The average molecular weight is 269 g/mol. The lowest BCUT2D eigenvalue weighted by Gasteiger charge is -2.07. The summed E-state index contributed by atoms with van der Waals surface area (Å²) >= 11 is 0. The summed E-state index contributed by atoms with van der Waals surface area (Å²) in [5.74, 6) is 0.520. The minimum Gasteiger partial charge on any atom is -0.423 e. The highest BCUT2D eigenvalue weighted by molar-refractivity contribution is 5.60. The monoisotopic (exact) mass is 269 g/mol. The molecule has 2 aromatic heterocycles. The molecule has 0 spiro atoms. The largest absolute Gasteiger partial charge is 0.423 e. The summed E-state index contributed by atoms with van der Waals surface area (Å²) in [5.41, 5.74) is 4.24. The van der Waals surface area contributed by atoms with Crippen molar-refractivity contribution >= 4 is 5.69 Å². The van der Waals surface area contributed by atoms with Gasteiger partial charge in [0, 0.05) is 36.1 Å². The lowest BCUT2D eigenvalue weighted by Crippen LogP contribution is -2.01. The molecule has 20 heavy (non-hydrogen) atoms. The molecule has 0 aliphatic carbocycles. The van der Waals surface area contributed by atoms with Crippen LogP contribution in [-0.4, -0.2) is 20.0 Å². The quantitative estimate of drug-likeness (QED) is 0.787. The Balaban J connectivity index is 1.75. The molecule has 102 valence electrons. The van der Waals surface area contributed by atoms with E-state index in [1.54, 1.807) is 0 Å². The summed E-state index contributed by atoms with van der Waals surface area (Å²) in [6, 6.07) is 7.89. The number of anilines is 1. The molecule has 3 aromatic rings. The minimum absolute atomic E-state index is 0.520. The van der Waals surface area contributed by atoms with Crippen LogP contribution in [0.15, 0.2) is 41.3 Å². The van der Waals surface area contributed by atoms with Gasteiger partial charge in [-0.2, -0.15) is 5.10 Å². The van der Waals surface area contributed by atoms with E-state index in [0.29, 0.717) is 5.89 Å². The zero-order valence-corrected chi connectivity index (χ0v) is 11.4. The first-order valence-corrected chi connectivity index (χ1v) is 6.32. The Bertz CT molecular complexity index is 702. The Morgan fingerprint density at radius 3 is 2.95 bits per heavy atom. The van der Waals surface area contributed by atoms with Gasteiger partial charge in [-0.05, 0) is 25.1 Å². The molecule has 1 aromatic carbocycles. The highest BCUT2D eigenvalue weighted by Crippen LogP contribution is 2.21. The molecule has 0 unspecified atom stereocenters. The second-order valence-electron chi connectivity index (χ2n) is 4.56. The molecule has 0 atom stereocenters. The number of benzene rings is 1. The van der Waals surface area contributed by atoms with E-state index in [0.717, 1.165) is 23.5 Å². The van der Waals surface area contributed by atoms with Crippen molar-refractivity contribution in [3.8, 4) is 11.5 Å². The molecule has 0 bridgehead atoms. The first-order valence-electron chi connectivity index (χ1n) is 6.32. The van der Waals surface area contributed by atoms with E-state index in [4.69, 9.17) is 4.42 Å². The Hall–Kier alpha value is -2.63. The van der Waals surface area contributed by atoms with Crippen LogP contribution in [-0.2, 0) is 13.6 Å². The first kappa shape index (κ1) is 12.4. The highest BCUT2D eigenvalue weighted by Gasteiger charge is 2.06. The van der Waals surface area contributed by atoms with Crippen LogP contribution in [0, 0.1) is 6.92 Å². The molecule has 0 aliphatic rings. The summed E-state index contributed by atoms with van der Waals surface area (Å²) < 4.78 is 7.06. The van der Waals surface area contributed by atoms with E-state index in [2.05, 4.69) is 27.5 Å². The second-order valence-corrected chi connectivity index (χ2v) is 4.56. The molecule has 2 heterocycles. The maximum atomic E-state index is 5.20. The third-order valence-electron chi connectivity index (χ3n) is 3.29. The molecule has 0 radical (unpaired) electrons. The topological polar surface area (TPSA) is 68.8 Å². The van der Waals surface area contributed by atoms with Crippen LogP contribution >= 0.6 is 0 Å². The lowest BCUT2D eigenvalue weighted by molar-refractivity contribution is 0.568. The summed E-state index contributed by atoms with van der Waals surface area (Å²) in [7, 11) is 1.94. The van der Waals surface area contributed by atoms with Gasteiger partial charge in [0.1, 0.15) is 0 Å². The maximum Gasteiger partial charge on any atom is 0.247 e. The predicted molar refractivity (Wildman–Crippen MR) is 75.0 cm³/mol. The highest BCUT2D eigenvalue weighted by atomic mass is 16.4. The van der Waals surface area contributed by atoms with Crippen LogP contribution in [0.2, 0.25) is 0 Å².